The van der Waals surface area contributed by atoms with E-state index in [4.69, 9.17) is 5.11 Å². The minimum absolute atomic E-state index is 0.131. The van der Waals surface area contributed by atoms with Crippen molar-refractivity contribution < 1.29 is 14.3 Å². The lowest BCUT2D eigenvalue weighted by Gasteiger charge is -2.09. The van der Waals surface area contributed by atoms with E-state index in [-0.39, 0.29) is 11.7 Å². The molecule has 0 amide bonds. The highest BCUT2D eigenvalue weighted by Crippen LogP contribution is 2.38. The van der Waals surface area contributed by atoms with E-state index < -0.39 is 5.97 Å². The van der Waals surface area contributed by atoms with Gasteiger partial charge in [0.2, 0.25) is 0 Å². The maximum atomic E-state index is 13.5. The van der Waals surface area contributed by atoms with Gasteiger partial charge in [0.15, 0.2) is 0 Å². The molecule has 1 N–H and O–H groups in total. The van der Waals surface area contributed by atoms with E-state index in [0.29, 0.717) is 12.0 Å². The molecule has 1 aliphatic carbocycles. The number of hydrogen-bond donors (Lipinski definition) is 1. The van der Waals surface area contributed by atoms with E-state index in [0.717, 1.165) is 18.4 Å². The van der Waals surface area contributed by atoms with Crippen LogP contribution in [-0.4, -0.2) is 11.1 Å². The van der Waals surface area contributed by atoms with Gasteiger partial charge in [-0.2, -0.15) is 0 Å². The van der Waals surface area contributed by atoms with Gasteiger partial charge in [-0.1, -0.05) is 23.8 Å². The molecule has 16 heavy (non-hydrogen) atoms. The van der Waals surface area contributed by atoms with Crippen molar-refractivity contribution in [3.05, 3.63) is 47.3 Å². The number of carboxylic acid groups (broad SMARTS) is 1. The van der Waals surface area contributed by atoms with Crippen LogP contribution in [0.5, 0.6) is 0 Å². The molecule has 0 aromatic heterocycles. The Morgan fingerprint density at radius 1 is 1.44 bits per heavy atom. The fourth-order valence-corrected chi connectivity index (χ4v) is 2.26. The molecule has 3 heteroatoms. The number of carboxylic acids is 1. The minimum Gasteiger partial charge on any atom is -0.478 e. The monoisotopic (exact) mass is 220 g/mol. The zero-order chi connectivity index (χ0) is 11.5. The van der Waals surface area contributed by atoms with Gasteiger partial charge in [0.1, 0.15) is 5.82 Å². The van der Waals surface area contributed by atoms with Crippen molar-refractivity contribution in [3.63, 3.8) is 0 Å². The molecule has 1 fully saturated rings. The molecule has 1 aromatic carbocycles. The molecule has 1 atom stereocenters. The number of benzene rings is 1. The topological polar surface area (TPSA) is 37.3 Å². The summed E-state index contributed by atoms with van der Waals surface area (Å²) in [4.78, 5) is 10.5. The Balaban J connectivity index is 2.15. The van der Waals surface area contributed by atoms with E-state index in [9.17, 15) is 9.18 Å². The molecule has 1 aliphatic rings. The molecule has 0 radical (unpaired) electrons. The highest BCUT2D eigenvalue weighted by atomic mass is 19.1. The number of carbonyl (C=O) groups is 1. The van der Waals surface area contributed by atoms with Crippen LogP contribution in [0.2, 0.25) is 0 Å². The van der Waals surface area contributed by atoms with E-state index in [1.54, 1.807) is 12.1 Å². The second kappa shape index (κ2) is 4.47. The van der Waals surface area contributed by atoms with Gasteiger partial charge in [-0.05, 0) is 36.8 Å². The maximum Gasteiger partial charge on any atom is 0.328 e. The van der Waals surface area contributed by atoms with Crippen molar-refractivity contribution in [2.24, 2.45) is 0 Å². The Bertz CT molecular complexity index is 437. The molecule has 0 saturated heterocycles. The van der Waals surface area contributed by atoms with Crippen molar-refractivity contribution in [3.8, 4) is 0 Å². The standard InChI is InChI=1S/C13H13FO2/c14-12-4-2-1-3-11(12)10-6-5-9(7-10)8-13(15)16/h1-4,8,10H,5-7H2,(H,15,16)/b9-8+. The van der Waals surface area contributed by atoms with Crippen LogP contribution in [0.1, 0.15) is 30.7 Å². The van der Waals surface area contributed by atoms with E-state index in [1.165, 1.54) is 12.1 Å². The molecule has 1 aromatic rings. The molecule has 0 aliphatic heterocycles. The number of halogens is 1. The van der Waals surface area contributed by atoms with Gasteiger partial charge >= 0.3 is 5.97 Å². The summed E-state index contributed by atoms with van der Waals surface area (Å²) < 4.78 is 13.5. The molecule has 2 rings (SSSR count). The van der Waals surface area contributed by atoms with Crippen molar-refractivity contribution in [2.75, 3.05) is 0 Å². The van der Waals surface area contributed by atoms with Crippen molar-refractivity contribution in [1.82, 2.24) is 0 Å². The van der Waals surface area contributed by atoms with Gasteiger partial charge in [-0.3, -0.25) is 0 Å². The second-order valence-corrected chi connectivity index (χ2v) is 4.10. The fourth-order valence-electron chi connectivity index (χ4n) is 2.26. The molecule has 84 valence electrons. The van der Waals surface area contributed by atoms with Crippen LogP contribution in [0.3, 0.4) is 0 Å². The Kier molecular flexibility index (Phi) is 3.04. The third-order valence-electron chi connectivity index (χ3n) is 3.00. The number of aliphatic carboxylic acids is 1. The molecule has 2 nitrogen and oxygen atoms in total. The van der Waals surface area contributed by atoms with Gasteiger partial charge < -0.3 is 5.11 Å². The average Bonchev–Trinajstić information content (AvgIpc) is 2.66. The second-order valence-electron chi connectivity index (χ2n) is 4.10. The van der Waals surface area contributed by atoms with Crippen LogP contribution in [0.15, 0.2) is 35.9 Å². The highest BCUT2D eigenvalue weighted by molar-refractivity contribution is 5.80. The van der Waals surface area contributed by atoms with Gasteiger partial charge in [0.05, 0.1) is 0 Å². The summed E-state index contributed by atoms with van der Waals surface area (Å²) in [6.07, 6.45) is 3.50. The van der Waals surface area contributed by atoms with E-state index in [2.05, 4.69) is 0 Å². The molecule has 1 unspecified atom stereocenters. The number of hydrogen-bond acceptors (Lipinski definition) is 1. The van der Waals surface area contributed by atoms with Crippen LogP contribution in [0.4, 0.5) is 4.39 Å². The SMILES string of the molecule is O=C(O)/C=C1\CCC(c2ccccc2F)C1. The summed E-state index contributed by atoms with van der Waals surface area (Å²) in [5, 5.41) is 8.63. The fraction of sp³-hybridized carbons (Fsp3) is 0.308. The molecular weight excluding hydrogens is 207 g/mol. The lowest BCUT2D eigenvalue weighted by Crippen LogP contribution is -1.96. The maximum absolute atomic E-state index is 13.5. The van der Waals surface area contributed by atoms with Gasteiger partial charge in [-0.25, -0.2) is 9.18 Å². The molecule has 0 spiro atoms. The predicted molar refractivity (Wildman–Crippen MR) is 58.7 cm³/mol. The Hall–Kier alpha value is -1.64. The first kappa shape index (κ1) is 10.9. The lowest BCUT2D eigenvalue weighted by atomic mass is 9.97. The normalized spacial score (nSPS) is 22.6. The lowest BCUT2D eigenvalue weighted by molar-refractivity contribution is -0.131. The van der Waals surface area contributed by atoms with Crippen molar-refractivity contribution in [2.45, 2.75) is 25.2 Å². The van der Waals surface area contributed by atoms with Gasteiger partial charge in [0.25, 0.3) is 0 Å². The Morgan fingerprint density at radius 2 is 2.19 bits per heavy atom. The Labute approximate surface area is 93.4 Å². The number of rotatable bonds is 2. The molecule has 0 bridgehead atoms. The quantitative estimate of drug-likeness (QED) is 0.777. The third-order valence-corrected chi connectivity index (χ3v) is 3.00. The highest BCUT2D eigenvalue weighted by Gasteiger charge is 2.23. The Morgan fingerprint density at radius 3 is 2.88 bits per heavy atom. The van der Waals surface area contributed by atoms with Gasteiger partial charge in [-0.15, -0.1) is 0 Å². The summed E-state index contributed by atoms with van der Waals surface area (Å²) >= 11 is 0. The van der Waals surface area contributed by atoms with E-state index in [1.807, 2.05) is 6.07 Å². The summed E-state index contributed by atoms with van der Waals surface area (Å²) in [6.45, 7) is 0. The van der Waals surface area contributed by atoms with Crippen molar-refractivity contribution >= 4 is 5.97 Å². The zero-order valence-electron chi connectivity index (χ0n) is 8.82. The summed E-state index contributed by atoms with van der Waals surface area (Å²) in [5.41, 5.74) is 1.61. The van der Waals surface area contributed by atoms with Crippen LogP contribution in [0, 0.1) is 5.82 Å². The molecule has 0 heterocycles. The van der Waals surface area contributed by atoms with Crippen molar-refractivity contribution in [1.29, 1.82) is 0 Å². The largest absolute Gasteiger partial charge is 0.478 e. The van der Waals surface area contributed by atoms with Crippen LogP contribution in [-0.2, 0) is 4.79 Å². The summed E-state index contributed by atoms with van der Waals surface area (Å²) in [6, 6.07) is 6.72. The zero-order valence-corrected chi connectivity index (χ0v) is 8.82. The average molecular weight is 220 g/mol. The predicted octanol–water partition coefficient (Wildman–Crippen LogP) is 3.10. The third kappa shape index (κ3) is 2.30. The summed E-state index contributed by atoms with van der Waals surface area (Å²) in [5.74, 6) is -0.972. The number of allylic oxidation sites excluding steroid dienone is 1. The van der Waals surface area contributed by atoms with Crippen LogP contribution >= 0.6 is 0 Å². The minimum atomic E-state index is -0.913. The summed E-state index contributed by atoms with van der Waals surface area (Å²) in [7, 11) is 0. The first-order chi connectivity index (χ1) is 7.66. The van der Waals surface area contributed by atoms with Gasteiger partial charge in [0, 0.05) is 6.08 Å². The van der Waals surface area contributed by atoms with E-state index >= 15 is 0 Å². The molecular formula is C13H13FO2. The first-order valence-electron chi connectivity index (χ1n) is 5.33. The smallest absolute Gasteiger partial charge is 0.328 e. The first-order valence-corrected chi connectivity index (χ1v) is 5.33. The van der Waals surface area contributed by atoms with Crippen LogP contribution in [0.25, 0.3) is 0 Å². The van der Waals surface area contributed by atoms with Crippen LogP contribution < -0.4 is 0 Å². The molecule has 1 saturated carbocycles.